The minimum absolute atomic E-state index is 0.0719. The van der Waals surface area contributed by atoms with Crippen LogP contribution in [-0.4, -0.2) is 36.6 Å². The van der Waals surface area contributed by atoms with Crippen molar-refractivity contribution in [1.29, 1.82) is 0 Å². The van der Waals surface area contributed by atoms with Crippen LogP contribution in [0.5, 0.6) is 11.5 Å². The first-order chi connectivity index (χ1) is 29.2. The van der Waals surface area contributed by atoms with Crippen LogP contribution in [-0.2, 0) is 5.41 Å². The zero-order valence-electron chi connectivity index (χ0n) is 32.0. The minimum atomic E-state index is -0.821. The molecular weight excluding hydrogens is 765 g/mol. The van der Waals surface area contributed by atoms with E-state index in [1.165, 1.54) is 64.7 Å². The zero-order chi connectivity index (χ0) is 39.5. The number of fused-ring (bicyclic) bond motifs is 7. The molecule has 4 nitrogen and oxygen atoms in total. The van der Waals surface area contributed by atoms with Crippen molar-refractivity contribution in [3.63, 3.8) is 0 Å². The van der Waals surface area contributed by atoms with Gasteiger partial charge in [-0.05, 0) is 90.3 Å². The van der Waals surface area contributed by atoms with Crippen LogP contribution in [0.2, 0.25) is 0 Å². The smallest absolute Gasteiger partial charge is 0.127 e. The van der Waals surface area contributed by atoms with Crippen molar-refractivity contribution in [2.24, 2.45) is 0 Å². The van der Waals surface area contributed by atoms with Crippen LogP contribution in [0, 0.1) is 0 Å². The van der Waals surface area contributed by atoms with Crippen LogP contribution in [0.4, 0.5) is 0 Å². The Kier molecular flexibility index (Phi) is 8.82. The SMILES string of the molecule is OCCOc1ccc(C2(c3ccc(OCCO)c4ccccc34)c3cccc(-c4csc5ccccc45)c3-c3c(-c4csc5ccccc45)cccc32)c2ccccc12. The Labute approximate surface area is 349 Å². The first-order valence-corrected chi connectivity index (χ1v) is 21.7. The summed E-state index contributed by atoms with van der Waals surface area (Å²) in [5, 5.41) is 30.9. The summed E-state index contributed by atoms with van der Waals surface area (Å²) in [6, 6.07) is 56.9. The van der Waals surface area contributed by atoms with E-state index >= 15 is 0 Å². The molecule has 0 radical (unpaired) electrons. The van der Waals surface area contributed by atoms with Gasteiger partial charge in [-0.1, -0.05) is 133 Å². The largest absolute Gasteiger partial charge is 0.491 e. The Morgan fingerprint density at radius 3 is 1.22 bits per heavy atom. The number of hydrogen-bond donors (Lipinski definition) is 2. The van der Waals surface area contributed by atoms with Crippen LogP contribution in [0.1, 0.15) is 22.3 Å². The van der Waals surface area contributed by atoms with Crippen LogP contribution in [0.25, 0.3) is 75.1 Å². The molecule has 0 aliphatic heterocycles. The van der Waals surface area contributed by atoms with Crippen molar-refractivity contribution in [2.45, 2.75) is 5.41 Å². The number of rotatable bonds is 10. The van der Waals surface area contributed by atoms with E-state index in [0.29, 0.717) is 0 Å². The first-order valence-electron chi connectivity index (χ1n) is 19.9. The molecule has 1 aliphatic rings. The number of thiophene rings is 2. The minimum Gasteiger partial charge on any atom is -0.491 e. The summed E-state index contributed by atoms with van der Waals surface area (Å²) in [7, 11) is 0. The van der Waals surface area contributed by atoms with Crippen LogP contribution >= 0.6 is 22.7 Å². The molecule has 2 N–H and O–H groups in total. The Balaban J connectivity index is 1.34. The van der Waals surface area contributed by atoms with Crippen LogP contribution < -0.4 is 9.47 Å². The molecule has 0 spiro atoms. The van der Waals surface area contributed by atoms with Crippen molar-refractivity contribution in [2.75, 3.05) is 26.4 Å². The lowest BCUT2D eigenvalue weighted by molar-refractivity contribution is 0.203. The van der Waals surface area contributed by atoms with Crippen molar-refractivity contribution < 1.29 is 19.7 Å². The highest BCUT2D eigenvalue weighted by atomic mass is 32.1. The lowest BCUT2D eigenvalue weighted by atomic mass is 9.65. The molecule has 2 aromatic heterocycles. The average molecular weight is 803 g/mol. The fraction of sp³-hybridized carbons (Fsp3) is 0.0943. The van der Waals surface area contributed by atoms with Crippen LogP contribution in [0.15, 0.2) is 168 Å². The quantitative estimate of drug-likeness (QED) is 0.145. The maximum atomic E-state index is 9.81. The summed E-state index contributed by atoms with van der Waals surface area (Å²) in [6.07, 6.45) is 0. The van der Waals surface area contributed by atoms with Gasteiger partial charge in [-0.3, -0.25) is 0 Å². The standard InChI is InChI=1S/C53H38O4S2/c54-27-29-56-47-25-23-43(33-11-1-3-13-35(33)47)53(44-24-26-48(57-30-28-55)36-14-4-2-12-34(36)44)45-19-9-17-39(41-31-58-49-21-7-5-15-37(41)49)51(45)52-40(18-10-20-46(52)53)42-32-59-50-22-8-6-16-38(42)50/h1-26,31-32,54-55H,27-30H2. The fourth-order valence-electron chi connectivity index (χ4n) is 9.72. The van der Waals surface area contributed by atoms with E-state index in [1.54, 1.807) is 22.7 Å². The van der Waals surface area contributed by atoms with Crippen molar-refractivity contribution in [3.8, 4) is 44.9 Å². The van der Waals surface area contributed by atoms with E-state index in [1.807, 2.05) is 0 Å². The summed E-state index contributed by atoms with van der Waals surface area (Å²) in [5.74, 6) is 1.48. The Morgan fingerprint density at radius 2 is 0.780 bits per heavy atom. The molecule has 0 fully saturated rings. The molecule has 0 amide bonds. The molecule has 0 saturated heterocycles. The normalized spacial score (nSPS) is 13.0. The van der Waals surface area contributed by atoms with Gasteiger partial charge in [0.05, 0.1) is 18.6 Å². The number of benzene rings is 8. The average Bonchev–Trinajstić information content (AvgIpc) is 4.01. The van der Waals surface area contributed by atoms with Gasteiger partial charge in [-0.15, -0.1) is 22.7 Å². The van der Waals surface area contributed by atoms with Gasteiger partial charge in [0, 0.05) is 42.1 Å². The van der Waals surface area contributed by atoms with E-state index in [4.69, 9.17) is 9.47 Å². The second kappa shape index (κ2) is 14.5. The van der Waals surface area contributed by atoms with Crippen molar-refractivity contribution >= 4 is 64.4 Å². The molecule has 286 valence electrons. The Hall–Kier alpha value is -6.28. The molecule has 1 aliphatic carbocycles. The molecule has 0 unspecified atom stereocenters. The Morgan fingerprint density at radius 1 is 0.373 bits per heavy atom. The van der Waals surface area contributed by atoms with Crippen molar-refractivity contribution in [1.82, 2.24) is 0 Å². The van der Waals surface area contributed by atoms with Gasteiger partial charge in [0.1, 0.15) is 24.7 Å². The predicted octanol–water partition coefficient (Wildman–Crippen LogP) is 12.9. The van der Waals surface area contributed by atoms with Gasteiger partial charge in [-0.2, -0.15) is 0 Å². The van der Waals surface area contributed by atoms with Gasteiger partial charge in [0.2, 0.25) is 0 Å². The highest BCUT2D eigenvalue weighted by molar-refractivity contribution is 7.18. The van der Waals surface area contributed by atoms with Gasteiger partial charge in [-0.25, -0.2) is 0 Å². The zero-order valence-corrected chi connectivity index (χ0v) is 33.7. The second-order valence-corrected chi connectivity index (χ2v) is 16.8. The Bertz CT molecular complexity index is 3010. The summed E-state index contributed by atoms with van der Waals surface area (Å²) in [6.45, 7) is 0.265. The van der Waals surface area contributed by atoms with Gasteiger partial charge in [0.25, 0.3) is 0 Å². The lowest BCUT2D eigenvalue weighted by Gasteiger charge is -2.36. The third kappa shape index (κ3) is 5.41. The molecule has 10 aromatic rings. The van der Waals surface area contributed by atoms with E-state index in [9.17, 15) is 10.2 Å². The number of ether oxygens (including phenoxy) is 2. The molecule has 59 heavy (non-hydrogen) atoms. The predicted molar refractivity (Wildman–Crippen MR) is 246 cm³/mol. The van der Waals surface area contributed by atoms with E-state index < -0.39 is 5.41 Å². The maximum Gasteiger partial charge on any atom is 0.127 e. The van der Waals surface area contributed by atoms with Gasteiger partial charge < -0.3 is 19.7 Å². The highest BCUT2D eigenvalue weighted by Gasteiger charge is 2.50. The number of aliphatic hydroxyl groups is 2. The van der Waals surface area contributed by atoms with E-state index in [2.05, 4.69) is 168 Å². The van der Waals surface area contributed by atoms with Crippen LogP contribution in [0.3, 0.4) is 0 Å². The molecule has 6 heteroatoms. The summed E-state index contributed by atoms with van der Waals surface area (Å²) in [4.78, 5) is 0. The molecule has 2 heterocycles. The third-order valence-corrected chi connectivity index (χ3v) is 13.9. The molecule has 0 atom stereocenters. The topological polar surface area (TPSA) is 58.9 Å². The summed E-state index contributed by atoms with van der Waals surface area (Å²) >= 11 is 3.58. The molecule has 0 bridgehead atoms. The summed E-state index contributed by atoms with van der Waals surface area (Å²) in [5.41, 5.74) is 11.2. The maximum absolute atomic E-state index is 9.81. The number of aliphatic hydroxyl groups excluding tert-OH is 2. The fourth-order valence-corrected chi connectivity index (χ4v) is 11.6. The monoisotopic (exact) mass is 802 g/mol. The highest BCUT2D eigenvalue weighted by Crippen LogP contribution is 2.63. The summed E-state index contributed by atoms with van der Waals surface area (Å²) < 4.78 is 15.0. The third-order valence-electron chi connectivity index (χ3n) is 12.0. The van der Waals surface area contributed by atoms with E-state index in [-0.39, 0.29) is 26.4 Å². The van der Waals surface area contributed by atoms with Gasteiger partial charge >= 0.3 is 0 Å². The molecule has 11 rings (SSSR count). The first kappa shape index (κ1) is 35.8. The van der Waals surface area contributed by atoms with Crippen molar-refractivity contribution in [3.05, 3.63) is 191 Å². The van der Waals surface area contributed by atoms with E-state index in [0.717, 1.165) is 44.2 Å². The molecular formula is C53H38O4S2. The molecule has 8 aromatic carbocycles. The molecule has 0 saturated carbocycles. The number of hydrogen-bond acceptors (Lipinski definition) is 6. The second-order valence-electron chi connectivity index (χ2n) is 15.0. The van der Waals surface area contributed by atoms with Gasteiger partial charge in [0.15, 0.2) is 0 Å². The lowest BCUT2D eigenvalue weighted by Crippen LogP contribution is -2.29.